The Kier molecular flexibility index (Phi) is 2.33. The lowest BCUT2D eigenvalue weighted by Crippen LogP contribution is -2.48. The third kappa shape index (κ3) is 1.83. The van der Waals surface area contributed by atoms with E-state index in [2.05, 4.69) is 5.10 Å². The van der Waals surface area contributed by atoms with Crippen molar-refractivity contribution in [2.45, 2.75) is 24.6 Å². The Morgan fingerprint density at radius 2 is 2.18 bits per heavy atom. The van der Waals surface area contributed by atoms with Gasteiger partial charge in [-0.25, -0.2) is 0 Å². The molecule has 1 aliphatic carbocycles. The van der Waals surface area contributed by atoms with Crippen LogP contribution in [0.4, 0.5) is 18.9 Å². The first-order valence-corrected chi connectivity index (χ1v) is 4.93. The summed E-state index contributed by atoms with van der Waals surface area (Å²) in [6, 6.07) is 0. The number of aromatic nitrogens is 2. The number of nitrogens with two attached hydrogens (primary N) is 1. The monoisotopic (exact) mass is 248 g/mol. The molecule has 5 nitrogen and oxygen atoms in total. The molecule has 0 aliphatic heterocycles. The molecular weight excluding hydrogens is 237 g/mol. The van der Waals surface area contributed by atoms with Gasteiger partial charge in [-0.1, -0.05) is 0 Å². The fourth-order valence-corrected chi connectivity index (χ4v) is 1.61. The molecule has 94 valence electrons. The van der Waals surface area contributed by atoms with Gasteiger partial charge in [-0.2, -0.15) is 18.3 Å². The Hall–Kier alpha value is -1.73. The van der Waals surface area contributed by atoms with E-state index in [4.69, 9.17) is 5.73 Å². The van der Waals surface area contributed by atoms with Crippen LogP contribution in [-0.2, 0) is 7.05 Å². The summed E-state index contributed by atoms with van der Waals surface area (Å²) in [6.07, 6.45) is -3.40. The lowest BCUT2D eigenvalue weighted by atomic mass is 10.2. The minimum Gasteiger partial charge on any atom is -0.396 e. The van der Waals surface area contributed by atoms with Gasteiger partial charge in [-0.05, 0) is 12.8 Å². The number of nitrogen functional groups attached to an aromatic ring is 1. The molecule has 0 aromatic carbocycles. The van der Waals surface area contributed by atoms with E-state index in [0.29, 0.717) is 0 Å². The highest BCUT2D eigenvalue weighted by Gasteiger charge is 2.64. The number of nitrogens with zero attached hydrogens (tertiary/aromatic N) is 2. The van der Waals surface area contributed by atoms with Crippen LogP contribution in [0.1, 0.15) is 23.3 Å². The number of aryl methyl sites for hydroxylation is 1. The number of hydrogen-bond acceptors (Lipinski definition) is 3. The largest absolute Gasteiger partial charge is 0.411 e. The molecule has 0 unspecified atom stereocenters. The number of halogens is 3. The molecule has 0 bridgehead atoms. The van der Waals surface area contributed by atoms with Crippen LogP contribution in [0, 0.1) is 0 Å². The number of anilines is 1. The van der Waals surface area contributed by atoms with E-state index in [1.54, 1.807) is 0 Å². The van der Waals surface area contributed by atoms with Crippen LogP contribution >= 0.6 is 0 Å². The molecule has 3 N–H and O–H groups in total. The summed E-state index contributed by atoms with van der Waals surface area (Å²) in [7, 11) is 1.44. The van der Waals surface area contributed by atoms with E-state index >= 15 is 0 Å². The van der Waals surface area contributed by atoms with Gasteiger partial charge in [-0.15, -0.1) is 0 Å². The number of rotatable bonds is 2. The van der Waals surface area contributed by atoms with Crippen molar-refractivity contribution < 1.29 is 18.0 Å². The Bertz CT molecular complexity index is 442. The summed E-state index contributed by atoms with van der Waals surface area (Å²) in [4.78, 5) is 11.7. The van der Waals surface area contributed by atoms with Crippen LogP contribution in [0.3, 0.4) is 0 Å². The zero-order valence-corrected chi connectivity index (χ0v) is 9.01. The quantitative estimate of drug-likeness (QED) is 0.814. The molecule has 0 spiro atoms. The van der Waals surface area contributed by atoms with Gasteiger partial charge in [0.2, 0.25) is 0 Å². The Labute approximate surface area is 94.8 Å². The highest BCUT2D eigenvalue weighted by Crippen LogP contribution is 2.49. The van der Waals surface area contributed by atoms with Crippen molar-refractivity contribution in [2.75, 3.05) is 5.73 Å². The molecule has 0 saturated heterocycles. The van der Waals surface area contributed by atoms with Crippen LogP contribution in [0.5, 0.6) is 0 Å². The van der Waals surface area contributed by atoms with Gasteiger partial charge in [0.15, 0.2) is 0 Å². The van der Waals surface area contributed by atoms with E-state index in [0.717, 1.165) is 4.68 Å². The van der Waals surface area contributed by atoms with Crippen LogP contribution in [0.15, 0.2) is 6.20 Å². The number of carbonyl (C=O) groups is 1. The molecule has 1 amide bonds. The van der Waals surface area contributed by atoms with E-state index < -0.39 is 17.6 Å². The summed E-state index contributed by atoms with van der Waals surface area (Å²) in [6.45, 7) is 0. The summed E-state index contributed by atoms with van der Waals surface area (Å²) in [5, 5.41) is 5.69. The topological polar surface area (TPSA) is 72.9 Å². The number of carbonyl (C=O) groups excluding carboxylic acids is 1. The maximum atomic E-state index is 12.6. The van der Waals surface area contributed by atoms with Crippen LogP contribution in [-0.4, -0.2) is 27.4 Å². The van der Waals surface area contributed by atoms with E-state index in [-0.39, 0.29) is 24.2 Å². The van der Waals surface area contributed by atoms with E-state index in [9.17, 15) is 18.0 Å². The number of amides is 1. The third-order valence-corrected chi connectivity index (χ3v) is 2.83. The molecule has 1 aliphatic rings. The Balaban J connectivity index is 2.19. The van der Waals surface area contributed by atoms with Gasteiger partial charge in [0.05, 0.1) is 11.9 Å². The molecular formula is C9H11F3N4O. The minimum atomic E-state index is -4.43. The molecule has 0 atom stereocenters. The number of nitrogens with one attached hydrogen (secondary N) is 1. The second-order valence-electron chi connectivity index (χ2n) is 4.11. The second kappa shape index (κ2) is 3.38. The normalized spacial score (nSPS) is 17.9. The first kappa shape index (κ1) is 11.7. The van der Waals surface area contributed by atoms with Gasteiger partial charge in [0.25, 0.3) is 5.91 Å². The summed E-state index contributed by atoms with van der Waals surface area (Å²) in [5.41, 5.74) is 3.39. The van der Waals surface area contributed by atoms with Gasteiger partial charge in [0.1, 0.15) is 11.2 Å². The molecule has 1 aromatic rings. The van der Waals surface area contributed by atoms with Crippen LogP contribution in [0.25, 0.3) is 0 Å². The molecule has 0 radical (unpaired) electrons. The van der Waals surface area contributed by atoms with Crippen molar-refractivity contribution in [2.24, 2.45) is 7.05 Å². The Morgan fingerprint density at radius 3 is 2.53 bits per heavy atom. The lowest BCUT2D eigenvalue weighted by molar-refractivity contribution is -0.163. The van der Waals surface area contributed by atoms with Crippen molar-refractivity contribution in [3.8, 4) is 0 Å². The van der Waals surface area contributed by atoms with Crippen molar-refractivity contribution in [3.63, 3.8) is 0 Å². The first-order valence-electron chi connectivity index (χ1n) is 4.93. The molecule has 1 saturated carbocycles. The van der Waals surface area contributed by atoms with Crippen molar-refractivity contribution in [1.29, 1.82) is 0 Å². The molecule has 17 heavy (non-hydrogen) atoms. The fourth-order valence-electron chi connectivity index (χ4n) is 1.61. The zero-order chi connectivity index (χ0) is 12.8. The standard InChI is InChI=1S/C9H11F3N4O/c1-16-6(5(13)4-14-16)7(17)15-8(2-3-8)9(10,11)12/h4H,2-3,13H2,1H3,(H,15,17). The SMILES string of the molecule is Cn1ncc(N)c1C(=O)NC1(C(F)(F)F)CC1. The van der Waals surface area contributed by atoms with Crippen molar-refractivity contribution >= 4 is 11.6 Å². The molecule has 1 fully saturated rings. The predicted molar refractivity (Wildman–Crippen MR) is 53.1 cm³/mol. The highest BCUT2D eigenvalue weighted by atomic mass is 19.4. The molecule has 1 aromatic heterocycles. The van der Waals surface area contributed by atoms with Gasteiger partial charge in [0, 0.05) is 7.05 Å². The average molecular weight is 248 g/mol. The summed E-state index contributed by atoms with van der Waals surface area (Å²) < 4.78 is 39.0. The zero-order valence-electron chi connectivity index (χ0n) is 9.01. The second-order valence-corrected chi connectivity index (χ2v) is 4.11. The number of hydrogen-bond donors (Lipinski definition) is 2. The smallest absolute Gasteiger partial charge is 0.396 e. The van der Waals surface area contributed by atoms with E-state index in [1.807, 2.05) is 5.32 Å². The minimum absolute atomic E-state index is 0.0551. The van der Waals surface area contributed by atoms with Crippen LogP contribution < -0.4 is 11.1 Å². The maximum Gasteiger partial charge on any atom is 0.411 e. The molecule has 8 heteroatoms. The summed E-state index contributed by atoms with van der Waals surface area (Å²) >= 11 is 0. The fraction of sp³-hybridized carbons (Fsp3) is 0.556. The van der Waals surface area contributed by atoms with Gasteiger partial charge >= 0.3 is 6.18 Å². The molecule has 1 heterocycles. The van der Waals surface area contributed by atoms with E-state index in [1.165, 1.54) is 13.2 Å². The third-order valence-electron chi connectivity index (χ3n) is 2.83. The van der Waals surface area contributed by atoms with Crippen LogP contribution in [0.2, 0.25) is 0 Å². The van der Waals surface area contributed by atoms with Crippen molar-refractivity contribution in [1.82, 2.24) is 15.1 Å². The van der Waals surface area contributed by atoms with Gasteiger partial charge in [-0.3, -0.25) is 9.48 Å². The summed E-state index contributed by atoms with van der Waals surface area (Å²) in [5.74, 6) is -0.850. The van der Waals surface area contributed by atoms with Crippen molar-refractivity contribution in [3.05, 3.63) is 11.9 Å². The predicted octanol–water partition coefficient (Wildman–Crippen LogP) is 0.827. The Morgan fingerprint density at radius 1 is 1.59 bits per heavy atom. The average Bonchev–Trinajstić information content (AvgIpc) is 2.88. The van der Waals surface area contributed by atoms with Gasteiger partial charge < -0.3 is 11.1 Å². The lowest BCUT2D eigenvalue weighted by Gasteiger charge is -2.20. The number of alkyl halides is 3. The highest BCUT2D eigenvalue weighted by molar-refractivity contribution is 5.98. The molecule has 2 rings (SSSR count). The maximum absolute atomic E-state index is 12.6. The first-order chi connectivity index (χ1) is 7.77.